The average Bonchev–Trinajstić information content (AvgIpc) is 2.81. The van der Waals surface area contributed by atoms with Crippen LogP contribution in [0.2, 0.25) is 0 Å². The van der Waals surface area contributed by atoms with Crippen molar-refractivity contribution in [2.45, 2.75) is 4.90 Å². The van der Waals surface area contributed by atoms with Crippen LogP contribution < -0.4 is 4.74 Å². The SMILES string of the molecule is O=S(=O)([O-])c1c(F)c(F)c(Oc2c(-c3ccccc3)cccc2-c2ccccc2)c(F)c1F. The molecule has 0 saturated heterocycles. The molecule has 4 aromatic rings. The largest absolute Gasteiger partial charge is 0.744 e. The van der Waals surface area contributed by atoms with Crippen LogP contribution in [0.4, 0.5) is 17.6 Å². The summed E-state index contributed by atoms with van der Waals surface area (Å²) in [6.07, 6.45) is 0. The van der Waals surface area contributed by atoms with Gasteiger partial charge in [0.05, 0.1) is 0 Å². The Labute approximate surface area is 186 Å². The van der Waals surface area contributed by atoms with Gasteiger partial charge in [0, 0.05) is 11.1 Å². The normalized spacial score (nSPS) is 11.4. The van der Waals surface area contributed by atoms with Gasteiger partial charge >= 0.3 is 0 Å². The first-order valence-corrected chi connectivity index (χ1v) is 10.8. The number of hydrogen-bond acceptors (Lipinski definition) is 4. The number of ether oxygens (including phenoxy) is 1. The topological polar surface area (TPSA) is 66.4 Å². The van der Waals surface area contributed by atoms with E-state index in [2.05, 4.69) is 0 Å². The summed E-state index contributed by atoms with van der Waals surface area (Å²) < 4.78 is 96.7. The van der Waals surface area contributed by atoms with Gasteiger partial charge in [-0.15, -0.1) is 0 Å². The zero-order valence-corrected chi connectivity index (χ0v) is 17.4. The molecule has 0 aliphatic heterocycles. The molecule has 4 aromatic carbocycles. The Morgan fingerprint density at radius 2 is 1.00 bits per heavy atom. The summed E-state index contributed by atoms with van der Waals surface area (Å²) in [5.41, 5.74) is 1.84. The van der Waals surface area contributed by atoms with E-state index in [1.807, 2.05) is 0 Å². The highest BCUT2D eigenvalue weighted by atomic mass is 32.2. The summed E-state index contributed by atoms with van der Waals surface area (Å²) in [5.74, 6) is -10.7. The number of rotatable bonds is 5. The van der Waals surface area contributed by atoms with Crippen LogP contribution in [0, 0.1) is 23.3 Å². The van der Waals surface area contributed by atoms with Crippen LogP contribution in [0.1, 0.15) is 0 Å². The first-order valence-electron chi connectivity index (χ1n) is 9.43. The van der Waals surface area contributed by atoms with Crippen molar-refractivity contribution in [3.8, 4) is 33.8 Å². The molecule has 0 unspecified atom stereocenters. The summed E-state index contributed by atoms with van der Waals surface area (Å²) in [6, 6.07) is 21.9. The standard InChI is InChI=1S/C24H14F4O4S/c25-18-20(27)24(33(29,30)31)21(28)19(26)23(18)32-22-16(14-8-3-1-4-9-14)12-7-13-17(22)15-10-5-2-6-11-15/h1-13H,(H,29,30,31)/p-1. The fraction of sp³-hybridized carbons (Fsp3) is 0. The van der Waals surface area contributed by atoms with Gasteiger partial charge in [0.1, 0.15) is 20.8 Å². The first-order chi connectivity index (χ1) is 15.7. The van der Waals surface area contributed by atoms with Crippen molar-refractivity contribution in [2.75, 3.05) is 0 Å². The van der Waals surface area contributed by atoms with Crippen LogP contribution >= 0.6 is 0 Å². The maximum Gasteiger partial charge on any atom is 0.205 e. The van der Waals surface area contributed by atoms with Crippen molar-refractivity contribution in [1.29, 1.82) is 0 Å². The maximum absolute atomic E-state index is 14.7. The lowest BCUT2D eigenvalue weighted by atomic mass is 9.97. The number of hydrogen-bond donors (Lipinski definition) is 0. The van der Waals surface area contributed by atoms with E-state index in [4.69, 9.17) is 4.74 Å². The van der Waals surface area contributed by atoms with E-state index >= 15 is 0 Å². The van der Waals surface area contributed by atoms with Crippen LogP contribution in [0.15, 0.2) is 83.8 Å². The predicted octanol–water partition coefficient (Wildman–Crippen LogP) is 6.27. The highest BCUT2D eigenvalue weighted by molar-refractivity contribution is 7.85. The summed E-state index contributed by atoms with van der Waals surface area (Å²) in [5, 5.41) is 0. The van der Waals surface area contributed by atoms with Gasteiger partial charge in [0.15, 0.2) is 11.6 Å². The van der Waals surface area contributed by atoms with Gasteiger partial charge in [0.25, 0.3) is 0 Å². The predicted molar refractivity (Wildman–Crippen MR) is 112 cm³/mol. The molecule has 0 bridgehead atoms. The molecule has 0 N–H and O–H groups in total. The lowest BCUT2D eigenvalue weighted by Gasteiger charge is -2.19. The maximum atomic E-state index is 14.7. The number of benzene rings is 4. The second-order valence-electron chi connectivity index (χ2n) is 6.88. The van der Waals surface area contributed by atoms with Crippen LogP contribution in [-0.4, -0.2) is 13.0 Å². The molecule has 0 spiro atoms. The molecule has 33 heavy (non-hydrogen) atoms. The van der Waals surface area contributed by atoms with Crippen LogP contribution in [0.3, 0.4) is 0 Å². The molecular weight excluding hydrogens is 460 g/mol. The minimum absolute atomic E-state index is 0.135. The third-order valence-electron chi connectivity index (χ3n) is 4.82. The molecule has 0 radical (unpaired) electrons. The second kappa shape index (κ2) is 8.68. The molecule has 168 valence electrons. The first kappa shape index (κ1) is 22.5. The van der Waals surface area contributed by atoms with E-state index in [1.54, 1.807) is 78.9 Å². The molecular formula is C24H13F4O4S-. The Balaban J connectivity index is 1.99. The highest BCUT2D eigenvalue weighted by Crippen LogP contribution is 2.44. The third-order valence-corrected chi connectivity index (χ3v) is 5.68. The van der Waals surface area contributed by atoms with Crippen LogP contribution in [0.5, 0.6) is 11.5 Å². The zero-order chi connectivity index (χ0) is 23.8. The van der Waals surface area contributed by atoms with Gasteiger partial charge in [-0.05, 0) is 11.1 Å². The average molecular weight is 473 g/mol. The minimum atomic E-state index is -5.84. The van der Waals surface area contributed by atoms with Crippen molar-refractivity contribution in [3.05, 3.63) is 102 Å². The van der Waals surface area contributed by atoms with Gasteiger partial charge < -0.3 is 9.29 Å². The second-order valence-corrected chi connectivity index (χ2v) is 8.20. The summed E-state index contributed by atoms with van der Waals surface area (Å²) >= 11 is 0. The Morgan fingerprint density at radius 1 is 0.576 bits per heavy atom. The van der Waals surface area contributed by atoms with Crippen LogP contribution in [0.25, 0.3) is 22.3 Å². The molecule has 0 aliphatic carbocycles. The van der Waals surface area contributed by atoms with Gasteiger partial charge in [-0.25, -0.2) is 17.2 Å². The van der Waals surface area contributed by atoms with Gasteiger partial charge in [-0.3, -0.25) is 0 Å². The van der Waals surface area contributed by atoms with Gasteiger partial charge in [0.2, 0.25) is 17.4 Å². The number of para-hydroxylation sites is 1. The van der Waals surface area contributed by atoms with Gasteiger partial charge in [-0.1, -0.05) is 78.9 Å². The highest BCUT2D eigenvalue weighted by Gasteiger charge is 2.31. The number of halogens is 4. The molecule has 0 saturated carbocycles. The van der Waals surface area contributed by atoms with E-state index in [9.17, 15) is 30.5 Å². The zero-order valence-electron chi connectivity index (χ0n) is 16.6. The van der Waals surface area contributed by atoms with Crippen molar-refractivity contribution in [3.63, 3.8) is 0 Å². The molecule has 9 heteroatoms. The summed E-state index contributed by atoms with van der Waals surface area (Å²) in [7, 11) is -5.84. The minimum Gasteiger partial charge on any atom is -0.744 e. The lowest BCUT2D eigenvalue weighted by molar-refractivity contribution is 0.346. The molecule has 0 aliphatic rings. The van der Waals surface area contributed by atoms with E-state index in [0.29, 0.717) is 22.3 Å². The van der Waals surface area contributed by atoms with E-state index in [0.717, 1.165) is 0 Å². The fourth-order valence-electron chi connectivity index (χ4n) is 3.34. The van der Waals surface area contributed by atoms with Gasteiger partial charge in [-0.2, -0.15) is 8.78 Å². The van der Waals surface area contributed by atoms with E-state index < -0.39 is 44.0 Å². The summed E-state index contributed by atoms with van der Waals surface area (Å²) in [4.78, 5) is -2.25. The Morgan fingerprint density at radius 3 is 1.39 bits per heavy atom. The fourth-order valence-corrected chi connectivity index (χ4v) is 3.96. The van der Waals surface area contributed by atoms with Crippen LogP contribution in [-0.2, 0) is 10.1 Å². The van der Waals surface area contributed by atoms with Crippen molar-refractivity contribution in [1.82, 2.24) is 0 Å². The molecule has 0 fully saturated rings. The van der Waals surface area contributed by atoms with Crippen molar-refractivity contribution >= 4 is 10.1 Å². The monoisotopic (exact) mass is 473 g/mol. The Kier molecular flexibility index (Phi) is 5.92. The molecule has 4 rings (SSSR count). The Hall–Kier alpha value is -3.69. The van der Waals surface area contributed by atoms with Crippen molar-refractivity contribution in [2.24, 2.45) is 0 Å². The third kappa shape index (κ3) is 4.20. The van der Waals surface area contributed by atoms with E-state index in [-0.39, 0.29) is 5.75 Å². The quantitative estimate of drug-likeness (QED) is 0.195. The molecule has 0 heterocycles. The van der Waals surface area contributed by atoms with Crippen molar-refractivity contribution < 1.29 is 35.3 Å². The van der Waals surface area contributed by atoms with E-state index in [1.165, 1.54) is 0 Å². The molecule has 0 atom stereocenters. The summed E-state index contributed by atoms with van der Waals surface area (Å²) in [6.45, 7) is 0. The molecule has 0 aromatic heterocycles. The Bertz CT molecular complexity index is 1350. The smallest absolute Gasteiger partial charge is 0.205 e. The molecule has 0 amide bonds. The lowest BCUT2D eigenvalue weighted by Crippen LogP contribution is -2.11. The molecule has 4 nitrogen and oxygen atoms in total.